The molecule has 2 aromatic carbocycles. The maximum absolute atomic E-state index is 12.8. The highest BCUT2D eigenvalue weighted by Gasteiger charge is 2.23. The van der Waals surface area contributed by atoms with Gasteiger partial charge in [0.05, 0.1) is 13.2 Å². The molecule has 2 amide bonds. The summed E-state index contributed by atoms with van der Waals surface area (Å²) in [5, 5.41) is 9.10. The lowest BCUT2D eigenvalue weighted by molar-refractivity contribution is -0.129. The largest absolute Gasteiger partial charge is 0.378 e. The van der Waals surface area contributed by atoms with Gasteiger partial charge < -0.3 is 20.7 Å². The van der Waals surface area contributed by atoms with Crippen molar-refractivity contribution in [2.24, 2.45) is 0 Å². The number of carbonyl (C=O) groups is 2. The van der Waals surface area contributed by atoms with E-state index in [2.05, 4.69) is 16.0 Å². The third-order valence-corrected chi connectivity index (χ3v) is 4.67. The Hall–Kier alpha value is -2.70. The van der Waals surface area contributed by atoms with Crippen molar-refractivity contribution in [2.75, 3.05) is 19.8 Å². The topological polar surface area (TPSA) is 79.5 Å². The molecule has 0 aliphatic carbocycles. The number of nitrogens with one attached hydrogen (secondary N) is 3. The summed E-state index contributed by atoms with van der Waals surface area (Å²) in [6.45, 7) is 2.34. The Morgan fingerprint density at radius 3 is 2.36 bits per heavy atom. The second-order valence-corrected chi connectivity index (χ2v) is 6.94. The van der Waals surface area contributed by atoms with Gasteiger partial charge in [-0.2, -0.15) is 0 Å². The molecule has 28 heavy (non-hydrogen) atoms. The summed E-state index contributed by atoms with van der Waals surface area (Å²) in [5.74, 6) is -0.340. The molecule has 6 heteroatoms. The second-order valence-electron chi connectivity index (χ2n) is 6.94. The van der Waals surface area contributed by atoms with Gasteiger partial charge in [0.2, 0.25) is 11.8 Å². The van der Waals surface area contributed by atoms with Gasteiger partial charge >= 0.3 is 0 Å². The zero-order valence-corrected chi connectivity index (χ0v) is 15.9. The molecule has 148 valence electrons. The van der Waals surface area contributed by atoms with Crippen LogP contribution in [0.25, 0.3) is 0 Å². The van der Waals surface area contributed by atoms with E-state index in [0.717, 1.165) is 17.7 Å². The lowest BCUT2D eigenvalue weighted by Crippen LogP contribution is -2.50. The van der Waals surface area contributed by atoms with Crippen molar-refractivity contribution in [1.82, 2.24) is 16.0 Å². The van der Waals surface area contributed by atoms with Crippen molar-refractivity contribution in [1.29, 1.82) is 0 Å². The molecular weight excluding hydrogens is 354 g/mol. The van der Waals surface area contributed by atoms with Crippen molar-refractivity contribution >= 4 is 11.8 Å². The van der Waals surface area contributed by atoms with E-state index in [9.17, 15) is 9.59 Å². The van der Waals surface area contributed by atoms with Crippen LogP contribution in [0.3, 0.4) is 0 Å². The number of amides is 2. The molecule has 0 bridgehead atoms. The molecule has 2 atom stereocenters. The van der Waals surface area contributed by atoms with Crippen molar-refractivity contribution in [2.45, 2.75) is 31.5 Å². The first-order valence-electron chi connectivity index (χ1n) is 9.67. The fourth-order valence-electron chi connectivity index (χ4n) is 3.20. The third-order valence-electron chi connectivity index (χ3n) is 4.67. The average molecular weight is 381 g/mol. The van der Waals surface area contributed by atoms with Crippen LogP contribution in [0.1, 0.15) is 17.5 Å². The number of ether oxygens (including phenoxy) is 1. The number of rotatable bonds is 8. The fourth-order valence-corrected chi connectivity index (χ4v) is 3.20. The Morgan fingerprint density at radius 2 is 1.71 bits per heavy atom. The normalized spacial score (nSPS) is 17.5. The molecule has 1 fully saturated rings. The molecule has 3 rings (SSSR count). The highest BCUT2D eigenvalue weighted by atomic mass is 16.5. The SMILES string of the molecule is O=C(CC1COCCN1)NC(Cc1ccccc1)C(=O)NCc1ccccc1. The smallest absolute Gasteiger partial charge is 0.243 e. The number of carbonyl (C=O) groups excluding carboxylic acids is 2. The van der Waals surface area contributed by atoms with Gasteiger partial charge in [0.15, 0.2) is 0 Å². The molecule has 3 N–H and O–H groups in total. The van der Waals surface area contributed by atoms with Crippen LogP contribution in [-0.2, 0) is 27.3 Å². The second kappa shape index (κ2) is 10.6. The minimum absolute atomic E-state index is 0.0153. The van der Waals surface area contributed by atoms with E-state index < -0.39 is 6.04 Å². The van der Waals surface area contributed by atoms with Crippen molar-refractivity contribution in [3.05, 3.63) is 71.8 Å². The molecule has 0 radical (unpaired) electrons. The molecule has 2 unspecified atom stereocenters. The first-order chi connectivity index (χ1) is 13.7. The Bertz CT molecular complexity index is 746. The summed E-state index contributed by atoms with van der Waals surface area (Å²) >= 11 is 0. The van der Waals surface area contributed by atoms with Gasteiger partial charge in [-0.05, 0) is 11.1 Å². The lowest BCUT2D eigenvalue weighted by atomic mass is 10.0. The summed E-state index contributed by atoms with van der Waals surface area (Å²) in [5.41, 5.74) is 2.02. The number of morpholine rings is 1. The van der Waals surface area contributed by atoms with Crippen molar-refractivity contribution in [3.8, 4) is 0 Å². The number of hydrogen-bond donors (Lipinski definition) is 3. The van der Waals surface area contributed by atoms with Gasteiger partial charge in [0.25, 0.3) is 0 Å². The maximum Gasteiger partial charge on any atom is 0.243 e. The monoisotopic (exact) mass is 381 g/mol. The minimum Gasteiger partial charge on any atom is -0.378 e. The molecule has 0 aromatic heterocycles. The first-order valence-corrected chi connectivity index (χ1v) is 9.67. The number of benzene rings is 2. The quantitative estimate of drug-likeness (QED) is 0.646. The zero-order valence-electron chi connectivity index (χ0n) is 15.9. The maximum atomic E-state index is 12.8. The van der Waals surface area contributed by atoms with Gasteiger partial charge in [-0.1, -0.05) is 60.7 Å². The van der Waals surface area contributed by atoms with Crippen LogP contribution in [0.15, 0.2) is 60.7 Å². The van der Waals surface area contributed by atoms with E-state index in [1.807, 2.05) is 60.7 Å². The predicted octanol–water partition coefficient (Wildman–Crippen LogP) is 1.41. The Labute approximate surface area is 165 Å². The van der Waals surface area contributed by atoms with E-state index in [4.69, 9.17) is 4.74 Å². The molecular formula is C22H27N3O3. The highest BCUT2D eigenvalue weighted by molar-refractivity contribution is 5.88. The Kier molecular flexibility index (Phi) is 7.58. The van der Waals surface area contributed by atoms with Crippen LogP contribution in [0.4, 0.5) is 0 Å². The van der Waals surface area contributed by atoms with E-state index >= 15 is 0 Å². The van der Waals surface area contributed by atoms with Crippen molar-refractivity contribution < 1.29 is 14.3 Å². The lowest BCUT2D eigenvalue weighted by Gasteiger charge is -2.25. The standard InChI is InChI=1S/C22H27N3O3/c26-21(14-19-16-28-12-11-23-19)25-20(13-17-7-3-1-4-8-17)22(27)24-15-18-9-5-2-6-10-18/h1-10,19-20,23H,11-16H2,(H,24,27)(H,25,26). The summed E-state index contributed by atoms with van der Waals surface area (Å²) in [6, 6.07) is 18.8. The average Bonchev–Trinajstić information content (AvgIpc) is 2.74. The summed E-state index contributed by atoms with van der Waals surface area (Å²) in [4.78, 5) is 25.3. The first kappa shape index (κ1) is 20.0. The van der Waals surface area contributed by atoms with E-state index in [1.54, 1.807) is 0 Å². The molecule has 1 aliphatic heterocycles. The van der Waals surface area contributed by atoms with Crippen molar-refractivity contribution in [3.63, 3.8) is 0 Å². The van der Waals surface area contributed by atoms with Crippen LogP contribution in [-0.4, -0.2) is 43.7 Å². The predicted molar refractivity (Wildman–Crippen MR) is 108 cm³/mol. The molecule has 1 saturated heterocycles. The van der Waals surface area contributed by atoms with E-state index in [0.29, 0.717) is 26.2 Å². The number of hydrogen-bond acceptors (Lipinski definition) is 4. The van der Waals surface area contributed by atoms with E-state index in [-0.39, 0.29) is 24.3 Å². The van der Waals surface area contributed by atoms with Gasteiger partial charge in [0, 0.05) is 32.0 Å². The van der Waals surface area contributed by atoms with Crippen LogP contribution >= 0.6 is 0 Å². The van der Waals surface area contributed by atoms with Crippen LogP contribution in [0.2, 0.25) is 0 Å². The molecule has 6 nitrogen and oxygen atoms in total. The molecule has 0 saturated carbocycles. The highest BCUT2D eigenvalue weighted by Crippen LogP contribution is 2.06. The Morgan fingerprint density at radius 1 is 1.04 bits per heavy atom. The Balaban J connectivity index is 1.60. The summed E-state index contributed by atoms with van der Waals surface area (Å²) in [7, 11) is 0. The molecule has 1 aliphatic rings. The molecule has 1 heterocycles. The van der Waals surface area contributed by atoms with Gasteiger partial charge in [-0.25, -0.2) is 0 Å². The minimum atomic E-state index is -0.622. The molecule has 2 aromatic rings. The van der Waals surface area contributed by atoms with E-state index in [1.165, 1.54) is 0 Å². The van der Waals surface area contributed by atoms with Gasteiger partial charge in [0.1, 0.15) is 6.04 Å². The summed E-state index contributed by atoms with van der Waals surface area (Å²) < 4.78 is 5.40. The van der Waals surface area contributed by atoms with Crippen LogP contribution in [0, 0.1) is 0 Å². The molecule has 0 spiro atoms. The van der Waals surface area contributed by atoms with Crippen LogP contribution in [0.5, 0.6) is 0 Å². The van der Waals surface area contributed by atoms with Crippen LogP contribution < -0.4 is 16.0 Å². The van der Waals surface area contributed by atoms with Gasteiger partial charge in [-0.15, -0.1) is 0 Å². The zero-order chi connectivity index (χ0) is 19.6. The summed E-state index contributed by atoms with van der Waals surface area (Å²) in [6.07, 6.45) is 0.735. The fraction of sp³-hybridized carbons (Fsp3) is 0.364. The van der Waals surface area contributed by atoms with Gasteiger partial charge in [-0.3, -0.25) is 9.59 Å². The third kappa shape index (κ3) is 6.48.